The number of benzene rings is 4. The summed E-state index contributed by atoms with van der Waals surface area (Å²) < 4.78 is 28.5. The third-order valence-electron chi connectivity index (χ3n) is 14.1. The van der Waals surface area contributed by atoms with Gasteiger partial charge in [-0.25, -0.2) is 19.6 Å². The molecule has 0 spiro atoms. The molecule has 0 aliphatic heterocycles. The van der Waals surface area contributed by atoms with Crippen LogP contribution in [0.5, 0.6) is 11.5 Å². The molecule has 77 heavy (non-hydrogen) atoms. The summed E-state index contributed by atoms with van der Waals surface area (Å²) in [6.45, 7) is 0.502. The molecule has 4 atom stereocenters. The number of pyridine rings is 2. The third kappa shape index (κ3) is 12.2. The molecule has 4 aliphatic rings. The Balaban J connectivity index is 0.000000183. The summed E-state index contributed by atoms with van der Waals surface area (Å²) in [5.41, 5.74) is 8.71. The van der Waals surface area contributed by atoms with E-state index in [0.29, 0.717) is 87.6 Å². The smallest absolute Gasteiger partial charge is 0.870 e. The second-order valence-electron chi connectivity index (χ2n) is 19.1. The summed E-state index contributed by atoms with van der Waals surface area (Å²) in [5, 5.41) is 21.0. The standard InChI is InChI=1S/C29H23Cl3N2O4.C28H21Cl3N2O4.Li.H2O/c1-36-29(35)25-10-7-16(13-33-25)19-12-20(19)18-9-8-17(11-24(18)32)37-14-21-27(34-38-28(21)15-5-6-15)26-22(30)3-2-4-23(26)31;29-21-2-1-3-22(30)25(21)26-20(27(37-33-26)14-4-5-14)13-36-16-7-8-17(23(31)10-16)19-11-18(19)15-6-9-24(28(34)35)32-12-15;;/h2-4,7-11,13,15,19-20H,5-6,12,14H2,1H3;1-3,6-10,12,14,18-19H,4-5,11,13H2,(H,34,35);;1H2/q;;+1;/p-1. The normalized spacial score (nSPS) is 18.0. The van der Waals surface area contributed by atoms with Gasteiger partial charge in [0.2, 0.25) is 0 Å². The van der Waals surface area contributed by atoms with Gasteiger partial charge < -0.3 is 33.8 Å². The van der Waals surface area contributed by atoms with E-state index in [0.717, 1.165) is 83.4 Å². The topological polar surface area (TPSA) is 190 Å². The predicted octanol–water partition coefficient (Wildman–Crippen LogP) is 13.2. The van der Waals surface area contributed by atoms with Gasteiger partial charge in [0.15, 0.2) is 0 Å². The minimum atomic E-state index is -1.03. The summed E-state index contributed by atoms with van der Waals surface area (Å²) >= 11 is 39.2. The van der Waals surface area contributed by atoms with Crippen LogP contribution >= 0.6 is 69.6 Å². The Bertz CT molecular complexity index is 3440. The van der Waals surface area contributed by atoms with E-state index >= 15 is 0 Å². The van der Waals surface area contributed by atoms with E-state index in [-0.39, 0.29) is 61.0 Å². The summed E-state index contributed by atoms with van der Waals surface area (Å²) in [6.07, 6.45) is 9.49. The molecule has 4 saturated carbocycles. The van der Waals surface area contributed by atoms with E-state index in [9.17, 15) is 9.59 Å². The van der Waals surface area contributed by atoms with Gasteiger partial charge in [-0.2, -0.15) is 0 Å². The van der Waals surface area contributed by atoms with Crippen LogP contribution in [-0.4, -0.2) is 49.9 Å². The maximum Gasteiger partial charge on any atom is 1.00 e. The maximum atomic E-state index is 11.6. The van der Waals surface area contributed by atoms with E-state index in [4.69, 9.17) is 98.0 Å². The number of esters is 1. The number of methoxy groups -OCH3 is 1. The molecule has 12 rings (SSSR count). The van der Waals surface area contributed by atoms with Crippen LogP contribution in [-0.2, 0) is 18.0 Å². The van der Waals surface area contributed by atoms with Crippen LogP contribution in [0.2, 0.25) is 30.1 Å². The van der Waals surface area contributed by atoms with Crippen molar-refractivity contribution in [3.8, 4) is 34.0 Å². The molecule has 0 amide bonds. The predicted molar refractivity (Wildman–Crippen MR) is 288 cm³/mol. The van der Waals surface area contributed by atoms with Gasteiger partial charge in [-0.15, -0.1) is 0 Å². The average molecular weight is 1150 g/mol. The minimum absolute atomic E-state index is 0. The summed E-state index contributed by atoms with van der Waals surface area (Å²) in [5.74, 6) is 3.24. The molecular formula is C57H45Cl6LiN4O9. The van der Waals surface area contributed by atoms with Gasteiger partial charge in [-0.3, -0.25) is 0 Å². The molecule has 390 valence electrons. The van der Waals surface area contributed by atoms with Crippen molar-refractivity contribution < 1.29 is 62.3 Å². The maximum absolute atomic E-state index is 11.6. The van der Waals surface area contributed by atoms with Gasteiger partial charge in [0, 0.05) is 45.4 Å². The number of hydrogen-bond donors (Lipinski definition) is 1. The molecule has 4 aliphatic carbocycles. The first-order valence-electron chi connectivity index (χ1n) is 24.3. The van der Waals surface area contributed by atoms with E-state index < -0.39 is 11.9 Å². The Morgan fingerprint density at radius 2 is 0.987 bits per heavy atom. The number of aromatic nitrogens is 4. The van der Waals surface area contributed by atoms with Gasteiger partial charge >= 0.3 is 30.8 Å². The second-order valence-corrected chi connectivity index (χ2v) is 21.5. The molecule has 4 aromatic carbocycles. The molecule has 4 aromatic heterocycles. The quantitative estimate of drug-likeness (QED) is 0.0711. The van der Waals surface area contributed by atoms with E-state index in [1.807, 2.05) is 48.5 Å². The van der Waals surface area contributed by atoms with Crippen molar-refractivity contribution in [3.63, 3.8) is 0 Å². The van der Waals surface area contributed by atoms with Crippen LogP contribution in [0.15, 0.2) is 119 Å². The number of rotatable bonds is 16. The molecule has 8 aromatic rings. The summed E-state index contributed by atoms with van der Waals surface area (Å²) in [7, 11) is 1.34. The molecule has 0 saturated heterocycles. The molecular weight excluding hydrogens is 1100 g/mol. The van der Waals surface area contributed by atoms with Crippen molar-refractivity contribution in [1.29, 1.82) is 0 Å². The number of carboxylic acids is 1. The van der Waals surface area contributed by atoms with E-state index in [1.165, 1.54) is 13.2 Å². The van der Waals surface area contributed by atoms with Crippen molar-refractivity contribution in [2.24, 2.45) is 0 Å². The summed E-state index contributed by atoms with van der Waals surface area (Å²) in [6, 6.07) is 29.2. The third-order valence-corrected chi connectivity index (χ3v) is 16.0. The minimum Gasteiger partial charge on any atom is -0.870 e. The number of carbonyl (C=O) groups excluding carboxylic acids is 1. The zero-order chi connectivity index (χ0) is 52.1. The zero-order valence-corrected chi connectivity index (χ0v) is 45.9. The average Bonchev–Trinajstić information content (AvgIpc) is 4.20. The molecule has 2 N–H and O–H groups in total. The fourth-order valence-corrected chi connectivity index (χ4v) is 11.4. The first-order valence-corrected chi connectivity index (χ1v) is 26.6. The molecule has 4 fully saturated rings. The molecule has 4 unspecified atom stereocenters. The fourth-order valence-electron chi connectivity index (χ4n) is 9.62. The van der Waals surface area contributed by atoms with Gasteiger partial charge in [-0.05, 0) is 145 Å². The molecule has 0 bridgehead atoms. The van der Waals surface area contributed by atoms with Crippen molar-refractivity contribution >= 4 is 81.5 Å². The molecule has 0 radical (unpaired) electrons. The molecule has 13 nitrogen and oxygen atoms in total. The Morgan fingerprint density at radius 1 is 0.571 bits per heavy atom. The second kappa shape index (κ2) is 23.8. The van der Waals surface area contributed by atoms with Gasteiger partial charge in [0.25, 0.3) is 0 Å². The van der Waals surface area contributed by atoms with Crippen molar-refractivity contribution in [2.75, 3.05) is 7.11 Å². The van der Waals surface area contributed by atoms with E-state index in [2.05, 4.69) is 20.3 Å². The Morgan fingerprint density at radius 3 is 1.34 bits per heavy atom. The SMILES string of the molecule is COC(=O)c1ccc(C2CC2c2ccc(OCc3c(-c4c(Cl)cccc4Cl)noc3C3CC3)cc2Cl)cn1.O=C(O)c1ccc(C2CC2c2ccc(OCc3c(-c4c(Cl)cccc4Cl)noc3C3CC3)cc2Cl)cn1.[Li+].[OH-]. The van der Waals surface area contributed by atoms with E-state index in [1.54, 1.807) is 54.9 Å². The van der Waals surface area contributed by atoms with Crippen LogP contribution in [0, 0.1) is 0 Å². The van der Waals surface area contributed by atoms with Crippen molar-refractivity contribution in [3.05, 3.63) is 196 Å². The number of nitrogens with zero attached hydrogens (tertiary/aromatic N) is 4. The molecule has 20 heteroatoms. The first-order chi connectivity index (χ1) is 36.3. The van der Waals surface area contributed by atoms with Gasteiger partial charge in [0.1, 0.15) is 59.0 Å². The van der Waals surface area contributed by atoms with Crippen LogP contribution in [0.4, 0.5) is 0 Å². The van der Waals surface area contributed by atoms with Crippen LogP contribution in [0.25, 0.3) is 22.5 Å². The number of carbonyl (C=O) groups is 2. The Hall–Kier alpha value is -5.56. The summed E-state index contributed by atoms with van der Waals surface area (Å²) in [4.78, 5) is 31.0. The number of ether oxygens (including phenoxy) is 3. The van der Waals surface area contributed by atoms with Gasteiger partial charge in [-0.1, -0.05) is 116 Å². The number of carboxylic acid groups (broad SMARTS) is 1. The molecule has 4 heterocycles. The monoisotopic (exact) mass is 1150 g/mol. The van der Waals surface area contributed by atoms with Crippen LogP contribution in [0.3, 0.4) is 0 Å². The van der Waals surface area contributed by atoms with Gasteiger partial charge in [0.05, 0.1) is 38.3 Å². The number of halogens is 6. The van der Waals surface area contributed by atoms with Crippen molar-refractivity contribution in [2.45, 2.75) is 87.2 Å². The number of aromatic carboxylic acids is 1. The van der Waals surface area contributed by atoms with Crippen molar-refractivity contribution in [1.82, 2.24) is 20.3 Å². The van der Waals surface area contributed by atoms with Crippen LogP contribution in [0.1, 0.15) is 140 Å². The largest absolute Gasteiger partial charge is 1.00 e. The Kier molecular flexibility index (Phi) is 17.4. The first kappa shape index (κ1) is 56.2. The van der Waals surface area contributed by atoms with Crippen LogP contribution < -0.4 is 28.3 Å². The number of hydrogen-bond acceptors (Lipinski definition) is 12. The Labute approximate surface area is 484 Å². The zero-order valence-electron chi connectivity index (χ0n) is 41.3. The fraction of sp³-hybridized carbons (Fsp3) is 0.263.